The van der Waals surface area contributed by atoms with E-state index in [4.69, 9.17) is 0 Å². The lowest BCUT2D eigenvalue weighted by Gasteiger charge is -2.12. The largest absolute Gasteiger partial charge is 0.324 e. The summed E-state index contributed by atoms with van der Waals surface area (Å²) >= 11 is 0. The van der Waals surface area contributed by atoms with Crippen molar-refractivity contribution in [3.05, 3.63) is 36.7 Å². The van der Waals surface area contributed by atoms with Gasteiger partial charge in [0.05, 0.1) is 11.4 Å². The van der Waals surface area contributed by atoms with E-state index in [0.717, 1.165) is 0 Å². The zero-order valence-corrected chi connectivity index (χ0v) is 11.2. The van der Waals surface area contributed by atoms with Crippen LogP contribution in [0, 0.1) is 0 Å². The molecule has 0 bridgehead atoms. The van der Waals surface area contributed by atoms with Crippen LogP contribution >= 0.6 is 0 Å². The SMILES string of the molecule is CC(=O)Nc1cccnc1-c1ncccc1NC(C)=O. The van der Waals surface area contributed by atoms with Crippen LogP contribution in [0.4, 0.5) is 11.4 Å². The van der Waals surface area contributed by atoms with E-state index in [1.807, 2.05) is 0 Å². The lowest BCUT2D eigenvalue weighted by Crippen LogP contribution is -2.10. The van der Waals surface area contributed by atoms with Crippen LogP contribution in [0.25, 0.3) is 11.4 Å². The van der Waals surface area contributed by atoms with Gasteiger partial charge in [-0.05, 0) is 24.3 Å². The molecule has 0 aliphatic rings. The van der Waals surface area contributed by atoms with Crippen LogP contribution in [-0.2, 0) is 9.59 Å². The highest BCUT2D eigenvalue weighted by molar-refractivity contribution is 5.97. The molecule has 0 saturated heterocycles. The van der Waals surface area contributed by atoms with Gasteiger partial charge in [0.25, 0.3) is 0 Å². The highest BCUT2D eigenvalue weighted by atomic mass is 16.2. The van der Waals surface area contributed by atoms with Crippen molar-refractivity contribution in [3.8, 4) is 11.4 Å². The molecule has 2 N–H and O–H groups in total. The van der Waals surface area contributed by atoms with Crippen LogP contribution < -0.4 is 10.6 Å². The Morgan fingerprint density at radius 2 is 1.25 bits per heavy atom. The summed E-state index contributed by atoms with van der Waals surface area (Å²) in [6.45, 7) is 2.84. The van der Waals surface area contributed by atoms with Crippen LogP contribution in [0.3, 0.4) is 0 Å². The molecule has 0 atom stereocenters. The molecule has 0 spiro atoms. The van der Waals surface area contributed by atoms with Gasteiger partial charge in [0, 0.05) is 26.2 Å². The maximum Gasteiger partial charge on any atom is 0.221 e. The second kappa shape index (κ2) is 5.92. The first-order valence-electron chi connectivity index (χ1n) is 6.03. The summed E-state index contributed by atoms with van der Waals surface area (Å²) in [5.41, 5.74) is 2.11. The molecule has 0 aromatic carbocycles. The number of hydrogen-bond acceptors (Lipinski definition) is 4. The molecule has 0 radical (unpaired) electrons. The Kier molecular flexibility index (Phi) is 4.05. The van der Waals surface area contributed by atoms with Crippen molar-refractivity contribution in [1.29, 1.82) is 0 Å². The van der Waals surface area contributed by atoms with Crippen molar-refractivity contribution in [3.63, 3.8) is 0 Å². The van der Waals surface area contributed by atoms with E-state index < -0.39 is 0 Å². The quantitative estimate of drug-likeness (QED) is 0.894. The van der Waals surface area contributed by atoms with Crippen molar-refractivity contribution in [1.82, 2.24) is 9.97 Å². The van der Waals surface area contributed by atoms with Crippen molar-refractivity contribution in [2.24, 2.45) is 0 Å². The Hall–Kier alpha value is -2.76. The summed E-state index contributed by atoms with van der Waals surface area (Å²) in [4.78, 5) is 30.9. The van der Waals surface area contributed by atoms with E-state index in [2.05, 4.69) is 20.6 Å². The van der Waals surface area contributed by atoms with Gasteiger partial charge in [0.1, 0.15) is 11.4 Å². The Morgan fingerprint density at radius 1 is 0.850 bits per heavy atom. The van der Waals surface area contributed by atoms with Crippen molar-refractivity contribution >= 4 is 23.2 Å². The summed E-state index contributed by atoms with van der Waals surface area (Å²) < 4.78 is 0. The average Bonchev–Trinajstić information content (AvgIpc) is 2.39. The van der Waals surface area contributed by atoms with Crippen molar-refractivity contribution in [2.45, 2.75) is 13.8 Å². The molecule has 0 aliphatic heterocycles. The van der Waals surface area contributed by atoms with Crippen molar-refractivity contribution < 1.29 is 9.59 Å². The third kappa shape index (κ3) is 3.17. The van der Waals surface area contributed by atoms with Crippen LogP contribution in [0.1, 0.15) is 13.8 Å². The molecule has 2 amide bonds. The van der Waals surface area contributed by atoms with Gasteiger partial charge >= 0.3 is 0 Å². The molecule has 20 heavy (non-hydrogen) atoms. The standard InChI is InChI=1S/C14H14N4O2/c1-9(19)17-11-5-3-7-15-13(11)14-12(18-10(2)20)6-4-8-16-14/h3-8H,1-2H3,(H,17,19)(H,18,20). The van der Waals surface area contributed by atoms with Gasteiger partial charge in [-0.15, -0.1) is 0 Å². The summed E-state index contributed by atoms with van der Waals surface area (Å²) in [5.74, 6) is -0.396. The van der Waals surface area contributed by atoms with Gasteiger partial charge in [0.2, 0.25) is 11.8 Å². The summed E-state index contributed by atoms with van der Waals surface area (Å²) in [7, 11) is 0. The molecule has 2 rings (SSSR count). The second-order valence-electron chi connectivity index (χ2n) is 4.16. The first-order valence-corrected chi connectivity index (χ1v) is 6.03. The van der Waals surface area contributed by atoms with Gasteiger partial charge in [-0.2, -0.15) is 0 Å². The minimum absolute atomic E-state index is 0.198. The fraction of sp³-hybridized carbons (Fsp3) is 0.143. The van der Waals surface area contributed by atoms with Gasteiger partial charge in [0.15, 0.2) is 0 Å². The number of hydrogen-bond donors (Lipinski definition) is 2. The smallest absolute Gasteiger partial charge is 0.221 e. The van der Waals surface area contributed by atoms with Gasteiger partial charge < -0.3 is 10.6 Å². The number of anilines is 2. The Labute approximate surface area is 116 Å². The van der Waals surface area contributed by atoms with Gasteiger partial charge in [-0.1, -0.05) is 0 Å². The van der Waals surface area contributed by atoms with Gasteiger partial charge in [-0.3, -0.25) is 19.6 Å². The lowest BCUT2D eigenvalue weighted by atomic mass is 10.1. The molecule has 0 fully saturated rings. The third-order valence-electron chi connectivity index (χ3n) is 2.46. The van der Waals surface area contributed by atoms with Crippen LogP contribution in [0.15, 0.2) is 36.7 Å². The molecule has 0 aliphatic carbocycles. The number of carbonyl (C=O) groups excluding carboxylic acids is 2. The normalized spacial score (nSPS) is 9.90. The number of pyridine rings is 2. The highest BCUT2D eigenvalue weighted by Gasteiger charge is 2.13. The molecule has 6 nitrogen and oxygen atoms in total. The number of aromatic nitrogens is 2. The zero-order valence-electron chi connectivity index (χ0n) is 11.2. The maximum absolute atomic E-state index is 11.2. The van der Waals surface area contributed by atoms with Crippen molar-refractivity contribution in [2.75, 3.05) is 10.6 Å². The second-order valence-corrected chi connectivity index (χ2v) is 4.16. The Morgan fingerprint density at radius 3 is 1.60 bits per heavy atom. The Balaban J connectivity index is 2.51. The first kappa shape index (κ1) is 13.7. The molecule has 102 valence electrons. The molecular formula is C14H14N4O2. The average molecular weight is 270 g/mol. The van der Waals surface area contributed by atoms with E-state index >= 15 is 0 Å². The van der Waals surface area contributed by atoms with Crippen LogP contribution in [0.2, 0.25) is 0 Å². The van der Waals surface area contributed by atoms with Crippen LogP contribution in [-0.4, -0.2) is 21.8 Å². The third-order valence-corrected chi connectivity index (χ3v) is 2.46. The molecule has 0 unspecified atom stereocenters. The maximum atomic E-state index is 11.2. The van der Waals surface area contributed by atoms with E-state index in [9.17, 15) is 9.59 Å². The predicted octanol–water partition coefficient (Wildman–Crippen LogP) is 2.06. The monoisotopic (exact) mass is 270 g/mol. The number of nitrogens with zero attached hydrogens (tertiary/aromatic N) is 2. The van der Waals surface area contributed by atoms with E-state index in [1.54, 1.807) is 36.7 Å². The topological polar surface area (TPSA) is 84.0 Å². The minimum atomic E-state index is -0.198. The summed E-state index contributed by atoms with van der Waals surface area (Å²) in [5, 5.41) is 5.40. The number of amides is 2. The fourth-order valence-corrected chi connectivity index (χ4v) is 1.77. The summed E-state index contributed by atoms with van der Waals surface area (Å²) in [6.07, 6.45) is 3.21. The fourth-order valence-electron chi connectivity index (χ4n) is 1.77. The molecule has 0 saturated carbocycles. The zero-order chi connectivity index (χ0) is 14.5. The molecule has 2 aromatic heterocycles. The van der Waals surface area contributed by atoms with E-state index in [0.29, 0.717) is 22.8 Å². The summed E-state index contributed by atoms with van der Waals surface area (Å²) in [6, 6.07) is 6.90. The van der Waals surface area contributed by atoms with E-state index in [1.165, 1.54) is 13.8 Å². The predicted molar refractivity (Wildman–Crippen MR) is 76.1 cm³/mol. The lowest BCUT2D eigenvalue weighted by molar-refractivity contribution is -0.115. The molecule has 2 heterocycles. The number of rotatable bonds is 3. The number of carbonyl (C=O) groups is 2. The van der Waals surface area contributed by atoms with Crippen LogP contribution in [0.5, 0.6) is 0 Å². The minimum Gasteiger partial charge on any atom is -0.324 e. The molecule has 6 heteroatoms. The van der Waals surface area contributed by atoms with E-state index in [-0.39, 0.29) is 11.8 Å². The first-order chi connectivity index (χ1) is 9.58. The number of nitrogens with one attached hydrogen (secondary N) is 2. The highest BCUT2D eigenvalue weighted by Crippen LogP contribution is 2.29. The molecular weight excluding hydrogens is 256 g/mol. The Bertz CT molecular complexity index is 598. The van der Waals surface area contributed by atoms with Gasteiger partial charge in [-0.25, -0.2) is 0 Å². The molecule has 2 aromatic rings.